The van der Waals surface area contributed by atoms with Crippen LogP contribution in [0.15, 0.2) is 12.2 Å². The van der Waals surface area contributed by atoms with Crippen LogP contribution >= 0.6 is 0 Å². The number of allylic oxidation sites excluding steroid dienone is 1. The molecule has 0 heterocycles. The summed E-state index contributed by atoms with van der Waals surface area (Å²) in [4.78, 5) is 34.8. The number of hydrogen-bond acceptors (Lipinski definition) is 4. The average Bonchev–Trinajstić information content (AvgIpc) is 1.98. The number of nitrogens with two attached hydrogens (primary N) is 1. The minimum atomic E-state index is -1.09. The highest BCUT2D eigenvalue weighted by Crippen LogP contribution is 1.87. The Balaban J connectivity index is 4.01. The van der Waals surface area contributed by atoms with Crippen molar-refractivity contribution in [2.24, 2.45) is 5.73 Å². The van der Waals surface area contributed by atoms with E-state index in [9.17, 15) is 14.4 Å². The van der Waals surface area contributed by atoms with Crippen molar-refractivity contribution in [3.63, 3.8) is 0 Å². The summed E-state index contributed by atoms with van der Waals surface area (Å²) in [5.41, 5.74) is 4.61. The Bertz CT molecular complexity index is 224. The second-order valence-corrected chi connectivity index (χ2v) is 1.74. The molecule has 0 aromatic carbocycles. The number of nitrogens with zero attached hydrogens (tertiary/aromatic N) is 1. The van der Waals surface area contributed by atoms with E-state index < -0.39 is 12.0 Å². The molecule has 0 radical (unpaired) electrons. The molecule has 0 spiro atoms. The predicted octanol–water partition coefficient (Wildman–Crippen LogP) is -0.790. The molecule has 0 aliphatic rings. The maximum Gasteiger partial charge on any atom is 0.429 e. The number of aldehydes is 1. The van der Waals surface area contributed by atoms with Crippen LogP contribution in [0, 0.1) is 0 Å². The van der Waals surface area contributed by atoms with Gasteiger partial charge in [0.05, 0.1) is 0 Å². The number of hydroxylamine groups is 2. The first kappa shape index (κ1) is 10.2. The van der Waals surface area contributed by atoms with Crippen molar-refractivity contribution in [3.8, 4) is 0 Å². The predicted molar refractivity (Wildman–Crippen MR) is 38.6 cm³/mol. The average molecular weight is 172 g/mol. The Kier molecular flexibility index (Phi) is 4.13. The molecule has 0 aromatic heterocycles. The van der Waals surface area contributed by atoms with Crippen molar-refractivity contribution < 1.29 is 19.2 Å². The summed E-state index contributed by atoms with van der Waals surface area (Å²) in [7, 11) is 1.20. The molecule has 0 saturated heterocycles. The largest absolute Gasteiger partial charge is 0.429 e. The second kappa shape index (κ2) is 4.89. The lowest BCUT2D eigenvalue weighted by molar-refractivity contribution is -0.153. The topological polar surface area (TPSA) is 89.7 Å². The first-order valence-electron chi connectivity index (χ1n) is 2.95. The van der Waals surface area contributed by atoms with Gasteiger partial charge in [-0.3, -0.25) is 9.59 Å². The molecule has 0 aliphatic carbocycles. The summed E-state index contributed by atoms with van der Waals surface area (Å²) in [6, 6.07) is 0. The number of likely N-dealkylation sites (N-methyl/N-ethyl adjacent to an activating group) is 1. The summed E-state index contributed by atoms with van der Waals surface area (Å²) in [5.74, 6) is -0.652. The van der Waals surface area contributed by atoms with Crippen molar-refractivity contribution in [2.45, 2.75) is 0 Å². The van der Waals surface area contributed by atoms with Crippen molar-refractivity contribution in [1.29, 1.82) is 0 Å². The number of carbonyl (C=O) groups excluding carboxylic acids is 3. The van der Waals surface area contributed by atoms with Gasteiger partial charge in [0.1, 0.15) is 6.29 Å². The smallest absolute Gasteiger partial charge is 0.333 e. The van der Waals surface area contributed by atoms with E-state index in [1.807, 2.05) is 0 Å². The summed E-state index contributed by atoms with van der Waals surface area (Å²) in [5, 5.41) is 0.613. The molecule has 0 saturated carbocycles. The Hall–Kier alpha value is -1.85. The van der Waals surface area contributed by atoms with Crippen LogP contribution in [0.3, 0.4) is 0 Å². The molecule has 6 heteroatoms. The molecule has 6 nitrogen and oxygen atoms in total. The number of hydrogen-bond donors (Lipinski definition) is 1. The fourth-order valence-corrected chi connectivity index (χ4v) is 0.407. The van der Waals surface area contributed by atoms with Gasteiger partial charge < -0.3 is 10.6 Å². The minimum absolute atomic E-state index is 0.427. The number of carbonyl (C=O) groups is 3. The molecule has 0 aliphatic heterocycles. The third-order valence-electron chi connectivity index (χ3n) is 0.855. The molecule has 0 aromatic rings. The van der Waals surface area contributed by atoms with Crippen LogP contribution in [0.1, 0.15) is 0 Å². The van der Waals surface area contributed by atoms with E-state index in [0.29, 0.717) is 11.3 Å². The quantitative estimate of drug-likeness (QED) is 0.335. The highest BCUT2D eigenvalue weighted by molar-refractivity contribution is 5.90. The molecule has 12 heavy (non-hydrogen) atoms. The zero-order chi connectivity index (χ0) is 9.56. The Morgan fingerprint density at radius 3 is 2.50 bits per heavy atom. The number of primary amides is 1. The third-order valence-corrected chi connectivity index (χ3v) is 0.855. The van der Waals surface area contributed by atoms with Crippen LogP contribution in [0.5, 0.6) is 0 Å². The first-order chi connectivity index (χ1) is 5.57. The summed E-state index contributed by atoms with van der Waals surface area (Å²) < 4.78 is 0. The molecule has 66 valence electrons. The Morgan fingerprint density at radius 1 is 1.50 bits per heavy atom. The SMILES string of the molecule is CN(OC(N)=O)C(=O)/C=C\C=O. The normalized spacial score (nSPS) is 9.42. The molecule has 0 fully saturated rings. The Labute approximate surface area is 68.5 Å². The lowest BCUT2D eigenvalue weighted by Gasteiger charge is -2.11. The van der Waals surface area contributed by atoms with E-state index in [2.05, 4.69) is 10.6 Å². The van der Waals surface area contributed by atoms with Crippen molar-refractivity contribution in [3.05, 3.63) is 12.2 Å². The molecule has 0 atom stereocenters. The summed E-state index contributed by atoms with van der Waals surface area (Å²) in [6.07, 6.45) is 1.25. The van der Waals surface area contributed by atoms with Gasteiger partial charge in [-0.15, -0.1) is 0 Å². The van der Waals surface area contributed by atoms with E-state index in [4.69, 9.17) is 0 Å². The second-order valence-electron chi connectivity index (χ2n) is 1.74. The van der Waals surface area contributed by atoms with Crippen LogP contribution in [-0.2, 0) is 14.4 Å². The standard InChI is InChI=1S/C6H8N2O4/c1-8(12-6(7)11)5(10)3-2-4-9/h2-4H,1H3,(H2,7,11)/b3-2-. The van der Waals surface area contributed by atoms with Crippen LogP contribution in [0.4, 0.5) is 4.79 Å². The van der Waals surface area contributed by atoms with E-state index in [1.54, 1.807) is 0 Å². The van der Waals surface area contributed by atoms with Gasteiger partial charge in [0.25, 0.3) is 5.91 Å². The fraction of sp³-hybridized carbons (Fsp3) is 0.167. The van der Waals surface area contributed by atoms with Gasteiger partial charge in [-0.05, 0) is 6.08 Å². The van der Waals surface area contributed by atoms with Gasteiger partial charge in [0.2, 0.25) is 0 Å². The maximum atomic E-state index is 10.8. The first-order valence-corrected chi connectivity index (χ1v) is 2.95. The van der Waals surface area contributed by atoms with Crippen molar-refractivity contribution in [2.75, 3.05) is 7.05 Å². The molecule has 2 N–H and O–H groups in total. The molecule has 0 unspecified atom stereocenters. The van der Waals surface area contributed by atoms with Crippen molar-refractivity contribution >= 4 is 18.3 Å². The summed E-state index contributed by atoms with van der Waals surface area (Å²) >= 11 is 0. The number of rotatable bonds is 2. The van der Waals surface area contributed by atoms with Gasteiger partial charge in [-0.2, -0.15) is 5.06 Å². The van der Waals surface area contributed by atoms with E-state index in [0.717, 1.165) is 12.2 Å². The lowest BCUT2D eigenvalue weighted by atomic mass is 10.5. The van der Waals surface area contributed by atoms with Crippen molar-refractivity contribution in [1.82, 2.24) is 5.06 Å². The molecular formula is C6H8N2O4. The van der Waals surface area contributed by atoms with Crippen LogP contribution in [-0.4, -0.2) is 30.4 Å². The minimum Gasteiger partial charge on any atom is -0.333 e. The van der Waals surface area contributed by atoms with E-state index >= 15 is 0 Å². The van der Waals surface area contributed by atoms with E-state index in [1.165, 1.54) is 7.05 Å². The molecule has 2 amide bonds. The highest BCUT2D eigenvalue weighted by atomic mass is 16.7. The molecular weight excluding hydrogens is 164 g/mol. The molecule has 0 rings (SSSR count). The number of amides is 2. The zero-order valence-electron chi connectivity index (χ0n) is 6.39. The Morgan fingerprint density at radius 2 is 2.08 bits per heavy atom. The molecule has 0 bridgehead atoms. The van der Waals surface area contributed by atoms with Gasteiger partial charge in [-0.1, -0.05) is 0 Å². The van der Waals surface area contributed by atoms with Gasteiger partial charge in [0.15, 0.2) is 0 Å². The van der Waals surface area contributed by atoms with Gasteiger partial charge >= 0.3 is 6.09 Å². The lowest BCUT2D eigenvalue weighted by Crippen LogP contribution is -2.31. The monoisotopic (exact) mass is 172 g/mol. The van der Waals surface area contributed by atoms with Crippen LogP contribution in [0.2, 0.25) is 0 Å². The highest BCUT2D eigenvalue weighted by Gasteiger charge is 2.07. The third kappa shape index (κ3) is 4.04. The van der Waals surface area contributed by atoms with Gasteiger partial charge in [-0.25, -0.2) is 4.79 Å². The van der Waals surface area contributed by atoms with E-state index in [-0.39, 0.29) is 0 Å². The van der Waals surface area contributed by atoms with Crippen LogP contribution in [0.25, 0.3) is 0 Å². The fourth-order valence-electron chi connectivity index (χ4n) is 0.407. The van der Waals surface area contributed by atoms with Crippen LogP contribution < -0.4 is 5.73 Å². The summed E-state index contributed by atoms with van der Waals surface area (Å²) in [6.45, 7) is 0. The zero-order valence-corrected chi connectivity index (χ0v) is 6.39. The van der Waals surface area contributed by atoms with Gasteiger partial charge in [0, 0.05) is 13.1 Å². The maximum absolute atomic E-state index is 10.8.